The lowest BCUT2D eigenvalue weighted by molar-refractivity contribution is 0.235. The van der Waals surface area contributed by atoms with Crippen molar-refractivity contribution in [3.8, 4) is 0 Å². The largest absolute Gasteiger partial charge is 0.326 e. The fraction of sp³-hybridized carbons (Fsp3) is 0.786. The molecule has 1 aliphatic rings. The highest BCUT2D eigenvalue weighted by molar-refractivity contribution is 7.99. The highest BCUT2D eigenvalue weighted by atomic mass is 32.2. The molecule has 1 saturated heterocycles. The number of thioether (sulfide) groups is 1. The van der Waals surface area contributed by atoms with Crippen LogP contribution in [0.3, 0.4) is 0 Å². The van der Waals surface area contributed by atoms with E-state index < -0.39 is 0 Å². The van der Waals surface area contributed by atoms with Crippen LogP contribution in [0.25, 0.3) is 0 Å². The second-order valence-corrected chi connectivity index (χ2v) is 8.46. The van der Waals surface area contributed by atoms with Gasteiger partial charge in [0.15, 0.2) is 0 Å². The first-order valence-corrected chi connectivity index (χ1v) is 8.90. The fourth-order valence-corrected chi connectivity index (χ4v) is 4.66. The Labute approximate surface area is 125 Å². The summed E-state index contributed by atoms with van der Waals surface area (Å²) in [7, 11) is 2.19. The first-order valence-electron chi connectivity index (χ1n) is 6.86. The van der Waals surface area contributed by atoms with Crippen molar-refractivity contribution in [3.05, 3.63) is 16.1 Å². The fourth-order valence-electron chi connectivity index (χ4n) is 2.24. The van der Waals surface area contributed by atoms with Crippen molar-refractivity contribution < 1.29 is 0 Å². The Kier molecular flexibility index (Phi) is 4.93. The van der Waals surface area contributed by atoms with Crippen molar-refractivity contribution in [2.24, 2.45) is 5.73 Å². The molecule has 0 aliphatic carbocycles. The van der Waals surface area contributed by atoms with Crippen LogP contribution < -0.4 is 5.73 Å². The van der Waals surface area contributed by atoms with E-state index in [1.54, 1.807) is 11.3 Å². The van der Waals surface area contributed by atoms with E-state index in [0.29, 0.717) is 6.04 Å². The van der Waals surface area contributed by atoms with Crippen LogP contribution in [-0.2, 0) is 11.8 Å². The molecule has 1 aromatic heterocycles. The molecule has 0 spiro atoms. The molecule has 108 valence electrons. The van der Waals surface area contributed by atoms with E-state index in [4.69, 9.17) is 10.7 Å². The Balaban J connectivity index is 1.98. The SMILES string of the molecule is CN1CCSCC1C(N)Cc1nc(C(C)(C)C)cs1. The third-order valence-electron chi connectivity index (χ3n) is 3.67. The van der Waals surface area contributed by atoms with Gasteiger partial charge in [-0.05, 0) is 7.05 Å². The zero-order valence-corrected chi connectivity index (χ0v) is 14.0. The first-order chi connectivity index (χ1) is 8.88. The van der Waals surface area contributed by atoms with E-state index >= 15 is 0 Å². The number of hydrogen-bond donors (Lipinski definition) is 1. The number of aromatic nitrogens is 1. The van der Waals surface area contributed by atoms with Crippen LogP contribution in [0, 0.1) is 0 Å². The van der Waals surface area contributed by atoms with E-state index in [9.17, 15) is 0 Å². The second kappa shape index (κ2) is 6.12. The maximum Gasteiger partial charge on any atom is 0.0944 e. The summed E-state index contributed by atoms with van der Waals surface area (Å²) in [5.74, 6) is 2.38. The van der Waals surface area contributed by atoms with Gasteiger partial charge in [-0.15, -0.1) is 11.3 Å². The van der Waals surface area contributed by atoms with Crippen molar-refractivity contribution >= 4 is 23.1 Å². The normalized spacial score (nSPS) is 23.5. The van der Waals surface area contributed by atoms with Gasteiger partial charge in [0.25, 0.3) is 0 Å². The number of hydrogen-bond acceptors (Lipinski definition) is 5. The van der Waals surface area contributed by atoms with Crippen molar-refractivity contribution in [1.82, 2.24) is 9.88 Å². The van der Waals surface area contributed by atoms with E-state index in [0.717, 1.165) is 18.7 Å². The van der Waals surface area contributed by atoms with Gasteiger partial charge >= 0.3 is 0 Å². The molecule has 2 heterocycles. The molecule has 2 unspecified atom stereocenters. The molecule has 0 bridgehead atoms. The van der Waals surface area contributed by atoms with E-state index in [1.807, 2.05) is 11.8 Å². The zero-order chi connectivity index (χ0) is 14.0. The van der Waals surface area contributed by atoms with Crippen LogP contribution in [-0.4, -0.2) is 47.1 Å². The van der Waals surface area contributed by atoms with Gasteiger partial charge in [0, 0.05) is 47.4 Å². The summed E-state index contributed by atoms with van der Waals surface area (Å²) >= 11 is 3.77. The molecule has 0 radical (unpaired) electrons. The smallest absolute Gasteiger partial charge is 0.0944 e. The standard InChI is InChI=1S/C14H25N3S2/c1-14(2,3)12-9-19-13(16-12)7-10(15)11-8-18-6-5-17(11)4/h9-11H,5-8,15H2,1-4H3. The van der Waals surface area contributed by atoms with Crippen molar-refractivity contribution in [1.29, 1.82) is 0 Å². The summed E-state index contributed by atoms with van der Waals surface area (Å²) in [5.41, 5.74) is 7.72. The first kappa shape index (κ1) is 15.3. The van der Waals surface area contributed by atoms with Crippen LogP contribution in [0.1, 0.15) is 31.5 Å². The van der Waals surface area contributed by atoms with Gasteiger partial charge in [-0.1, -0.05) is 20.8 Å². The van der Waals surface area contributed by atoms with Gasteiger partial charge in [-0.25, -0.2) is 4.98 Å². The van der Waals surface area contributed by atoms with Crippen LogP contribution >= 0.6 is 23.1 Å². The lowest BCUT2D eigenvalue weighted by Crippen LogP contribution is -2.51. The number of thiazole rings is 1. The van der Waals surface area contributed by atoms with Gasteiger partial charge < -0.3 is 10.6 Å². The van der Waals surface area contributed by atoms with E-state index in [1.165, 1.54) is 16.5 Å². The number of likely N-dealkylation sites (N-methyl/N-ethyl adjacent to an activating group) is 1. The molecule has 3 nitrogen and oxygen atoms in total. The molecule has 1 aliphatic heterocycles. The Hall–Kier alpha value is -0.100. The highest BCUT2D eigenvalue weighted by Crippen LogP contribution is 2.25. The molecular weight excluding hydrogens is 274 g/mol. The van der Waals surface area contributed by atoms with Crippen molar-refractivity contribution in [3.63, 3.8) is 0 Å². The Bertz CT molecular complexity index is 411. The summed E-state index contributed by atoms with van der Waals surface area (Å²) in [6.07, 6.45) is 0.899. The van der Waals surface area contributed by atoms with Crippen LogP contribution in [0.4, 0.5) is 0 Å². The summed E-state index contributed by atoms with van der Waals surface area (Å²) < 4.78 is 0. The molecule has 2 rings (SSSR count). The maximum atomic E-state index is 6.40. The lowest BCUT2D eigenvalue weighted by atomic mass is 9.93. The summed E-state index contributed by atoms with van der Waals surface area (Å²) in [6, 6.07) is 0.678. The van der Waals surface area contributed by atoms with Gasteiger partial charge in [0.1, 0.15) is 0 Å². The predicted octanol–water partition coefficient (Wildman–Crippen LogP) is 2.36. The highest BCUT2D eigenvalue weighted by Gasteiger charge is 2.26. The molecule has 1 aromatic rings. The number of rotatable bonds is 3. The van der Waals surface area contributed by atoms with Crippen LogP contribution in [0.15, 0.2) is 5.38 Å². The van der Waals surface area contributed by atoms with E-state index in [-0.39, 0.29) is 11.5 Å². The monoisotopic (exact) mass is 299 g/mol. The maximum absolute atomic E-state index is 6.40. The van der Waals surface area contributed by atoms with Crippen LogP contribution in [0.5, 0.6) is 0 Å². The minimum absolute atomic E-state index is 0.135. The quantitative estimate of drug-likeness (QED) is 0.930. The molecular formula is C14H25N3S2. The number of nitrogens with zero attached hydrogens (tertiary/aromatic N) is 2. The summed E-state index contributed by atoms with van der Waals surface area (Å²) in [4.78, 5) is 7.16. The van der Waals surface area contributed by atoms with Crippen molar-refractivity contribution in [2.45, 2.75) is 44.7 Å². The average Bonchev–Trinajstić information content (AvgIpc) is 2.77. The molecule has 2 N–H and O–H groups in total. The minimum atomic E-state index is 0.135. The number of nitrogens with two attached hydrogens (primary N) is 1. The zero-order valence-electron chi connectivity index (χ0n) is 12.3. The van der Waals surface area contributed by atoms with Gasteiger partial charge in [0.2, 0.25) is 0 Å². The third-order valence-corrected chi connectivity index (χ3v) is 5.59. The minimum Gasteiger partial charge on any atom is -0.326 e. The Morgan fingerprint density at radius 3 is 2.84 bits per heavy atom. The molecule has 5 heteroatoms. The van der Waals surface area contributed by atoms with Crippen LogP contribution in [0.2, 0.25) is 0 Å². The topological polar surface area (TPSA) is 42.1 Å². The molecule has 2 atom stereocenters. The van der Waals surface area contributed by atoms with E-state index in [2.05, 4.69) is 38.1 Å². The van der Waals surface area contributed by atoms with Gasteiger partial charge in [0.05, 0.1) is 10.7 Å². The molecule has 1 fully saturated rings. The van der Waals surface area contributed by atoms with Gasteiger partial charge in [-0.2, -0.15) is 11.8 Å². The lowest BCUT2D eigenvalue weighted by Gasteiger charge is -2.35. The average molecular weight is 300 g/mol. The predicted molar refractivity (Wildman–Crippen MR) is 86.2 cm³/mol. The summed E-state index contributed by atoms with van der Waals surface area (Å²) in [5, 5.41) is 3.36. The Morgan fingerprint density at radius 1 is 1.53 bits per heavy atom. The molecule has 0 amide bonds. The third kappa shape index (κ3) is 3.94. The van der Waals surface area contributed by atoms with Crippen molar-refractivity contribution in [2.75, 3.05) is 25.1 Å². The molecule has 0 aromatic carbocycles. The van der Waals surface area contributed by atoms with Gasteiger partial charge in [-0.3, -0.25) is 0 Å². The Morgan fingerprint density at radius 2 is 2.26 bits per heavy atom. The summed E-state index contributed by atoms with van der Waals surface area (Å²) in [6.45, 7) is 7.76. The molecule has 0 saturated carbocycles. The second-order valence-electron chi connectivity index (χ2n) is 6.37. The molecule has 19 heavy (non-hydrogen) atoms.